The van der Waals surface area contributed by atoms with E-state index < -0.39 is 52.6 Å². The number of halogens is 2. The van der Waals surface area contributed by atoms with E-state index in [2.05, 4.69) is 103 Å². The molecule has 5 aliphatic rings. The number of fused-ring (bicyclic) bond motifs is 2. The first kappa shape index (κ1) is 37.7. The monoisotopic (exact) mass is 756 g/mol. The van der Waals surface area contributed by atoms with E-state index in [9.17, 15) is 0 Å². The Hall–Kier alpha value is 1.29. The Labute approximate surface area is 282 Å². The van der Waals surface area contributed by atoms with Crippen LogP contribution in [0.15, 0.2) is 45.1 Å². The first-order valence-corrected chi connectivity index (χ1v) is 37.5. The van der Waals surface area contributed by atoms with E-state index in [1.165, 1.54) is 19.3 Å². The molecular weight excluding hydrogens is 695 g/mol. The molecule has 0 nitrogen and oxygen atoms in total. The van der Waals surface area contributed by atoms with Crippen LogP contribution in [0.1, 0.15) is 44.9 Å². The third-order valence-corrected chi connectivity index (χ3v) is 38.2. The smallest absolute Gasteiger partial charge is 1.00 e. The summed E-state index contributed by atoms with van der Waals surface area (Å²) in [6, 6.07) is 0. The summed E-state index contributed by atoms with van der Waals surface area (Å²) in [4.78, 5) is 0. The minimum absolute atomic E-state index is 0. The fourth-order valence-corrected chi connectivity index (χ4v) is 39.1. The van der Waals surface area contributed by atoms with Gasteiger partial charge in [-0.2, -0.15) is 0 Å². The van der Waals surface area contributed by atoms with Crippen molar-refractivity contribution in [3.8, 4) is 0 Å². The summed E-state index contributed by atoms with van der Waals surface area (Å²) >= 11 is -2.58. The van der Waals surface area contributed by atoms with Crippen LogP contribution in [0.2, 0.25) is 94.1 Å². The van der Waals surface area contributed by atoms with E-state index in [4.69, 9.17) is 0 Å². The maximum Gasteiger partial charge on any atom is -1.00 e. The second kappa shape index (κ2) is 13.1. The average molecular weight is 759 g/mol. The molecule has 0 radical (unpaired) electrons. The van der Waals surface area contributed by atoms with Crippen LogP contribution in [-0.4, -0.2) is 32.3 Å². The van der Waals surface area contributed by atoms with Gasteiger partial charge in [-0.3, -0.25) is 0 Å². The Kier molecular flexibility index (Phi) is 11.7. The molecule has 5 rings (SSSR count). The van der Waals surface area contributed by atoms with Crippen LogP contribution < -0.4 is 24.8 Å². The summed E-state index contributed by atoms with van der Waals surface area (Å²) in [5.41, 5.74) is 0. The van der Waals surface area contributed by atoms with Crippen LogP contribution >= 0.6 is 0 Å². The van der Waals surface area contributed by atoms with Crippen molar-refractivity contribution in [1.29, 1.82) is 0 Å². The molecule has 0 spiro atoms. The maximum absolute atomic E-state index is 2.76. The molecule has 0 amide bonds. The molecule has 42 heavy (non-hydrogen) atoms. The van der Waals surface area contributed by atoms with Crippen LogP contribution in [0.3, 0.4) is 0 Å². The van der Waals surface area contributed by atoms with Crippen LogP contribution in [0, 0.1) is 23.7 Å². The van der Waals surface area contributed by atoms with E-state index >= 15 is 0 Å². The molecule has 4 aliphatic carbocycles. The van der Waals surface area contributed by atoms with Gasteiger partial charge in [0.1, 0.15) is 0 Å². The zero-order chi connectivity index (χ0) is 29.5. The zero-order valence-electron chi connectivity index (χ0n) is 29.4. The second-order valence-corrected chi connectivity index (χ2v) is 51.4. The largest absolute Gasteiger partial charge is 1.00 e. The molecule has 6 unspecified atom stereocenters. The Morgan fingerprint density at radius 1 is 0.452 bits per heavy atom. The summed E-state index contributed by atoms with van der Waals surface area (Å²) in [6.45, 7) is 32.0. The van der Waals surface area contributed by atoms with Gasteiger partial charge in [0.25, 0.3) is 0 Å². The molecule has 1 heterocycles. The molecule has 0 aromatic heterocycles. The van der Waals surface area contributed by atoms with Crippen molar-refractivity contribution in [1.82, 2.24) is 0 Å². The molecular formula is C35H64Cl2Si4Zr. The van der Waals surface area contributed by atoms with E-state index in [0.29, 0.717) is 0 Å². The van der Waals surface area contributed by atoms with Gasteiger partial charge in [0.05, 0.1) is 0 Å². The summed E-state index contributed by atoms with van der Waals surface area (Å²) in [6.07, 6.45) is 21.9. The summed E-state index contributed by atoms with van der Waals surface area (Å²) in [7, 11) is -5.35. The number of rotatable bonds is 6. The minimum atomic E-state index is -2.58. The van der Waals surface area contributed by atoms with Gasteiger partial charge in [0.2, 0.25) is 0 Å². The van der Waals surface area contributed by atoms with Gasteiger partial charge in [-0.15, -0.1) is 0 Å². The molecule has 1 aliphatic heterocycles. The number of hydrogen-bond acceptors (Lipinski definition) is 0. The van der Waals surface area contributed by atoms with E-state index in [1.54, 1.807) is 33.9 Å². The summed E-state index contributed by atoms with van der Waals surface area (Å²) < 4.78 is 5.75. The Morgan fingerprint density at radius 3 is 1.07 bits per heavy atom. The van der Waals surface area contributed by atoms with Crippen molar-refractivity contribution in [3.05, 3.63) is 45.1 Å². The first-order chi connectivity index (χ1) is 18.4. The Morgan fingerprint density at radius 2 is 0.762 bits per heavy atom. The SMILES string of the molecule is C[Si](C)(C)C1=CC=C([Si](C)(C)C)C2C1CC[CH]2[Zr+2]1([CH]2CCC3C([Si](C)(C)C)=CC=C([Si](C)(C)C)C32)[CH2]CCC[CH2]1.[Cl-].[Cl-]. The van der Waals surface area contributed by atoms with E-state index in [0.717, 1.165) is 30.9 Å². The van der Waals surface area contributed by atoms with Crippen molar-refractivity contribution < 1.29 is 45.1 Å². The van der Waals surface area contributed by atoms with E-state index in [1.807, 2.05) is 20.8 Å². The standard InChI is InChI=1S/2C15H27Si2.C5H10.2ClH.Zr/c2*1-16(2,3)14-10-11-15(17(4,5)6)13-9-7-8-12(13)14;1-3-5-4-2;;;/h2*8,10-13H,7,9H2,1-6H3;1-5H2;2*1H;/q;;;;;+2/p-2. The molecule has 0 aromatic carbocycles. The maximum atomic E-state index is 2.76. The van der Waals surface area contributed by atoms with Gasteiger partial charge in [-0.25, -0.2) is 0 Å². The number of allylic oxidation sites excluding steroid dienone is 8. The molecule has 2 saturated carbocycles. The third-order valence-electron chi connectivity index (χ3n) is 12.4. The molecule has 0 aromatic rings. The van der Waals surface area contributed by atoms with Crippen LogP contribution in [-0.2, 0) is 20.3 Å². The molecule has 0 N–H and O–H groups in total. The fraction of sp³-hybridized carbons (Fsp3) is 0.771. The van der Waals surface area contributed by atoms with Gasteiger partial charge in [0.15, 0.2) is 0 Å². The second-order valence-electron chi connectivity index (χ2n) is 18.9. The van der Waals surface area contributed by atoms with Gasteiger partial charge < -0.3 is 24.8 Å². The predicted octanol–water partition coefficient (Wildman–Crippen LogP) is 6.04. The molecule has 7 heteroatoms. The van der Waals surface area contributed by atoms with Crippen molar-refractivity contribution in [2.24, 2.45) is 23.7 Å². The molecule has 238 valence electrons. The van der Waals surface area contributed by atoms with Crippen molar-refractivity contribution in [3.63, 3.8) is 0 Å². The minimum Gasteiger partial charge on any atom is -1.00 e. The predicted molar refractivity (Wildman–Crippen MR) is 189 cm³/mol. The Bertz CT molecular complexity index is 1040. The average Bonchev–Trinajstić information content (AvgIpc) is 3.46. The van der Waals surface area contributed by atoms with Crippen LogP contribution in [0.4, 0.5) is 0 Å². The summed E-state index contributed by atoms with van der Waals surface area (Å²) in [5.74, 6) is 3.71. The molecule has 1 saturated heterocycles. The molecule has 3 fully saturated rings. The quantitative estimate of drug-likeness (QED) is 0.290. The fourth-order valence-electron chi connectivity index (χ4n) is 11.0. The van der Waals surface area contributed by atoms with Crippen molar-refractivity contribution >= 4 is 32.3 Å². The molecule has 6 atom stereocenters. The number of hydrogen-bond donors (Lipinski definition) is 0. The topological polar surface area (TPSA) is 0 Å². The summed E-state index contributed by atoms with van der Waals surface area (Å²) in [5, 5.41) is 7.91. The van der Waals surface area contributed by atoms with Crippen LogP contribution in [0.5, 0.6) is 0 Å². The van der Waals surface area contributed by atoms with Crippen LogP contribution in [0.25, 0.3) is 0 Å². The van der Waals surface area contributed by atoms with Gasteiger partial charge in [0, 0.05) is 0 Å². The van der Waals surface area contributed by atoms with Gasteiger partial charge in [-0.1, -0.05) is 0 Å². The molecule has 0 bridgehead atoms. The van der Waals surface area contributed by atoms with Gasteiger partial charge >= 0.3 is 260 Å². The normalized spacial score (nSPS) is 32.5. The van der Waals surface area contributed by atoms with E-state index in [-0.39, 0.29) is 24.8 Å². The third kappa shape index (κ3) is 6.80. The van der Waals surface area contributed by atoms with Crippen molar-refractivity contribution in [2.45, 2.75) is 139 Å². The van der Waals surface area contributed by atoms with Crippen molar-refractivity contribution in [2.75, 3.05) is 0 Å². The van der Waals surface area contributed by atoms with Gasteiger partial charge in [-0.05, 0) is 0 Å². The first-order valence-electron chi connectivity index (χ1n) is 17.2. The zero-order valence-corrected chi connectivity index (χ0v) is 37.4. The Balaban J connectivity index is 0.00000242.